The van der Waals surface area contributed by atoms with E-state index in [9.17, 15) is 9.18 Å². The van der Waals surface area contributed by atoms with Crippen LogP contribution in [0.3, 0.4) is 0 Å². The lowest BCUT2D eigenvalue weighted by Gasteiger charge is -2.06. The molecule has 0 fully saturated rings. The molecule has 0 aromatic heterocycles. The van der Waals surface area contributed by atoms with E-state index in [-0.39, 0.29) is 12.2 Å². The quantitative estimate of drug-likeness (QED) is 0.704. The summed E-state index contributed by atoms with van der Waals surface area (Å²) in [6.07, 6.45) is 0.719. The average Bonchev–Trinajstić information content (AvgIpc) is 2.26. The highest BCUT2D eigenvalue weighted by molar-refractivity contribution is 5.92. The van der Waals surface area contributed by atoms with Crippen molar-refractivity contribution in [3.63, 3.8) is 0 Å². The Balaban J connectivity index is 2.63. The van der Waals surface area contributed by atoms with Gasteiger partial charge in [0.15, 0.2) is 0 Å². The molecule has 0 heterocycles. The van der Waals surface area contributed by atoms with Gasteiger partial charge >= 0.3 is 0 Å². The number of ether oxygens (including phenoxy) is 1. The molecule has 0 saturated heterocycles. The summed E-state index contributed by atoms with van der Waals surface area (Å²) >= 11 is 0. The second-order valence-corrected chi connectivity index (χ2v) is 3.37. The van der Waals surface area contributed by atoms with Crippen LogP contribution in [0.2, 0.25) is 0 Å². The molecule has 1 rings (SSSR count). The molecular weight excluding hydrogens is 211 g/mol. The number of benzene rings is 1. The molecule has 0 unspecified atom stereocenters. The molecule has 0 aliphatic carbocycles. The Hall–Kier alpha value is -1.46. The Kier molecular flexibility index (Phi) is 4.88. The van der Waals surface area contributed by atoms with E-state index in [2.05, 4.69) is 0 Å². The normalized spacial score (nSPS) is 10.4. The predicted octanol–water partition coefficient (Wildman–Crippen LogP) is 0.790. The third kappa shape index (κ3) is 3.60. The molecule has 0 aliphatic heterocycles. The van der Waals surface area contributed by atoms with E-state index < -0.39 is 11.7 Å². The van der Waals surface area contributed by atoms with Crippen LogP contribution in [0.5, 0.6) is 0 Å². The summed E-state index contributed by atoms with van der Waals surface area (Å²) in [5.41, 5.74) is 11.0. The van der Waals surface area contributed by atoms with Crippen LogP contribution in [-0.4, -0.2) is 19.1 Å². The van der Waals surface area contributed by atoms with Crippen molar-refractivity contribution in [2.45, 2.75) is 13.0 Å². The number of amides is 1. The summed E-state index contributed by atoms with van der Waals surface area (Å²) in [4.78, 5) is 10.9. The maximum atomic E-state index is 13.3. The lowest BCUT2D eigenvalue weighted by molar-refractivity contribution is 0.0999. The average molecular weight is 226 g/mol. The zero-order valence-electron chi connectivity index (χ0n) is 8.91. The van der Waals surface area contributed by atoms with Gasteiger partial charge in [-0.05, 0) is 31.2 Å². The van der Waals surface area contributed by atoms with Crippen molar-refractivity contribution >= 4 is 5.91 Å². The summed E-state index contributed by atoms with van der Waals surface area (Å²) in [6, 6.07) is 3.96. The first-order chi connectivity index (χ1) is 7.65. The van der Waals surface area contributed by atoms with Crippen molar-refractivity contribution < 1.29 is 13.9 Å². The number of hydrogen-bond acceptors (Lipinski definition) is 3. The number of rotatable bonds is 6. The number of carbonyl (C=O) groups is 1. The van der Waals surface area contributed by atoms with Gasteiger partial charge in [-0.2, -0.15) is 0 Å². The van der Waals surface area contributed by atoms with Gasteiger partial charge in [-0.3, -0.25) is 4.79 Å². The summed E-state index contributed by atoms with van der Waals surface area (Å²) < 4.78 is 18.5. The largest absolute Gasteiger partial charge is 0.377 e. The molecule has 0 aliphatic rings. The standard InChI is InChI=1S/C11H15FN2O2/c12-10-3-2-8(11(14)15)6-9(10)7-16-5-1-4-13/h2-3,6H,1,4-5,7,13H2,(H2,14,15). The van der Waals surface area contributed by atoms with E-state index in [0.29, 0.717) is 18.7 Å². The Labute approximate surface area is 93.4 Å². The SMILES string of the molecule is NCCCOCc1cc(C(N)=O)ccc1F. The summed E-state index contributed by atoms with van der Waals surface area (Å²) in [5.74, 6) is -0.985. The molecule has 16 heavy (non-hydrogen) atoms. The number of hydrogen-bond donors (Lipinski definition) is 2. The van der Waals surface area contributed by atoms with Crippen molar-refractivity contribution in [1.29, 1.82) is 0 Å². The molecular formula is C11H15FN2O2. The summed E-state index contributed by atoms with van der Waals surface area (Å²) in [6.45, 7) is 1.12. The molecule has 5 heteroatoms. The lowest BCUT2D eigenvalue weighted by Crippen LogP contribution is -2.12. The van der Waals surface area contributed by atoms with Crippen LogP contribution in [0.4, 0.5) is 4.39 Å². The second kappa shape index (κ2) is 6.19. The Bertz CT molecular complexity index is 369. The van der Waals surface area contributed by atoms with Gasteiger partial charge in [0.25, 0.3) is 0 Å². The van der Waals surface area contributed by atoms with Crippen molar-refractivity contribution in [1.82, 2.24) is 0 Å². The van der Waals surface area contributed by atoms with Gasteiger partial charge in [-0.1, -0.05) is 0 Å². The summed E-state index contributed by atoms with van der Waals surface area (Å²) in [7, 11) is 0. The van der Waals surface area contributed by atoms with Crippen LogP contribution in [0.1, 0.15) is 22.3 Å². The van der Waals surface area contributed by atoms with Crippen LogP contribution < -0.4 is 11.5 Å². The van der Waals surface area contributed by atoms with Crippen LogP contribution in [0, 0.1) is 5.82 Å². The fourth-order valence-electron chi connectivity index (χ4n) is 1.21. The predicted molar refractivity (Wildman–Crippen MR) is 58.2 cm³/mol. The zero-order valence-corrected chi connectivity index (χ0v) is 8.91. The van der Waals surface area contributed by atoms with Gasteiger partial charge in [-0.25, -0.2) is 4.39 Å². The molecule has 88 valence electrons. The third-order valence-electron chi connectivity index (χ3n) is 2.08. The van der Waals surface area contributed by atoms with Crippen molar-refractivity contribution in [2.24, 2.45) is 11.5 Å². The van der Waals surface area contributed by atoms with E-state index in [1.54, 1.807) is 0 Å². The zero-order chi connectivity index (χ0) is 12.0. The Morgan fingerprint density at radius 3 is 2.81 bits per heavy atom. The van der Waals surface area contributed by atoms with Gasteiger partial charge in [0, 0.05) is 17.7 Å². The molecule has 1 amide bonds. The minimum Gasteiger partial charge on any atom is -0.377 e. The molecule has 0 spiro atoms. The maximum absolute atomic E-state index is 13.3. The van der Waals surface area contributed by atoms with Crippen molar-refractivity contribution in [3.05, 3.63) is 35.1 Å². The smallest absolute Gasteiger partial charge is 0.248 e. The maximum Gasteiger partial charge on any atom is 0.248 e. The van der Waals surface area contributed by atoms with Gasteiger partial charge in [0.1, 0.15) is 5.82 Å². The van der Waals surface area contributed by atoms with Crippen LogP contribution >= 0.6 is 0 Å². The molecule has 4 nitrogen and oxygen atoms in total. The van der Waals surface area contributed by atoms with Gasteiger partial charge in [0.2, 0.25) is 5.91 Å². The molecule has 4 N–H and O–H groups in total. The highest BCUT2D eigenvalue weighted by Crippen LogP contribution is 2.11. The van der Waals surface area contributed by atoms with E-state index in [0.717, 1.165) is 6.42 Å². The molecule has 0 bridgehead atoms. The monoisotopic (exact) mass is 226 g/mol. The van der Waals surface area contributed by atoms with E-state index in [4.69, 9.17) is 16.2 Å². The minimum atomic E-state index is -0.580. The number of halogens is 1. The van der Waals surface area contributed by atoms with E-state index >= 15 is 0 Å². The number of primary amides is 1. The number of carbonyl (C=O) groups excluding carboxylic acids is 1. The molecule has 0 radical (unpaired) electrons. The van der Waals surface area contributed by atoms with Gasteiger partial charge < -0.3 is 16.2 Å². The first kappa shape index (κ1) is 12.6. The van der Waals surface area contributed by atoms with Gasteiger partial charge in [0.05, 0.1) is 6.61 Å². The summed E-state index contributed by atoms with van der Waals surface area (Å²) in [5, 5.41) is 0. The first-order valence-corrected chi connectivity index (χ1v) is 5.01. The van der Waals surface area contributed by atoms with Crippen LogP contribution in [0.25, 0.3) is 0 Å². The molecule has 0 saturated carbocycles. The molecule has 1 aromatic rings. The minimum absolute atomic E-state index is 0.118. The van der Waals surface area contributed by atoms with Crippen LogP contribution in [0.15, 0.2) is 18.2 Å². The number of nitrogens with two attached hydrogens (primary N) is 2. The van der Waals surface area contributed by atoms with E-state index in [1.165, 1.54) is 18.2 Å². The van der Waals surface area contributed by atoms with E-state index in [1.807, 2.05) is 0 Å². The fourth-order valence-corrected chi connectivity index (χ4v) is 1.21. The molecule has 0 atom stereocenters. The first-order valence-electron chi connectivity index (χ1n) is 5.01. The fraction of sp³-hybridized carbons (Fsp3) is 0.364. The lowest BCUT2D eigenvalue weighted by atomic mass is 10.1. The Morgan fingerprint density at radius 1 is 1.44 bits per heavy atom. The van der Waals surface area contributed by atoms with Gasteiger partial charge in [-0.15, -0.1) is 0 Å². The third-order valence-corrected chi connectivity index (χ3v) is 2.08. The highest BCUT2D eigenvalue weighted by atomic mass is 19.1. The topological polar surface area (TPSA) is 78.3 Å². The molecule has 1 aromatic carbocycles. The highest BCUT2D eigenvalue weighted by Gasteiger charge is 2.06. The van der Waals surface area contributed by atoms with Crippen molar-refractivity contribution in [2.75, 3.05) is 13.2 Å². The second-order valence-electron chi connectivity index (χ2n) is 3.37. The van der Waals surface area contributed by atoms with Crippen LogP contribution in [-0.2, 0) is 11.3 Å². The Morgan fingerprint density at radius 2 is 2.19 bits per heavy atom. The van der Waals surface area contributed by atoms with Crippen molar-refractivity contribution in [3.8, 4) is 0 Å².